The number of hydrogen-bond acceptors (Lipinski definition) is 1. The van der Waals surface area contributed by atoms with Gasteiger partial charge in [0.1, 0.15) is 0 Å². The van der Waals surface area contributed by atoms with Crippen molar-refractivity contribution in [1.82, 2.24) is 5.32 Å². The predicted octanol–water partition coefficient (Wildman–Crippen LogP) is 3.34. The molecular formula is C16H35N2O+. The number of nitrogens with one attached hydrogen (secondary N) is 1. The minimum atomic E-state index is 0.222. The summed E-state index contributed by atoms with van der Waals surface area (Å²) in [7, 11) is 6.43. The second kappa shape index (κ2) is 11.3. The van der Waals surface area contributed by atoms with Crippen LogP contribution in [0.15, 0.2) is 0 Å². The van der Waals surface area contributed by atoms with Gasteiger partial charge < -0.3 is 9.80 Å². The molecule has 0 aliphatic heterocycles. The maximum Gasteiger partial charge on any atom is 0.220 e. The highest BCUT2D eigenvalue weighted by atomic mass is 16.1. The molecule has 0 spiro atoms. The predicted molar refractivity (Wildman–Crippen MR) is 83.1 cm³/mol. The Balaban J connectivity index is 3.25. The summed E-state index contributed by atoms with van der Waals surface area (Å²) in [6.45, 7) is 4.03. The lowest BCUT2D eigenvalue weighted by molar-refractivity contribution is -0.869. The smallest absolute Gasteiger partial charge is 0.220 e. The molecule has 0 aliphatic carbocycles. The van der Waals surface area contributed by atoms with Crippen LogP contribution in [-0.4, -0.2) is 44.6 Å². The minimum Gasteiger partial charge on any atom is -0.350 e. The van der Waals surface area contributed by atoms with Crippen molar-refractivity contribution in [3.8, 4) is 0 Å². The van der Waals surface area contributed by atoms with Crippen LogP contribution in [-0.2, 0) is 4.79 Å². The van der Waals surface area contributed by atoms with Crippen molar-refractivity contribution in [3.63, 3.8) is 0 Å². The van der Waals surface area contributed by atoms with E-state index in [4.69, 9.17) is 0 Å². The molecular weight excluding hydrogens is 236 g/mol. The summed E-state index contributed by atoms with van der Waals surface area (Å²) < 4.78 is 0.901. The first kappa shape index (κ1) is 18.4. The number of amides is 1. The van der Waals surface area contributed by atoms with Crippen molar-refractivity contribution >= 4 is 5.91 Å². The second-order valence-electron chi connectivity index (χ2n) is 6.59. The standard InChI is InChI=1S/C16H34N2O/c1-5-6-7-8-9-10-11-12-13-16(19)17-14-15-18(2,3)4/h5-15H2,1-4H3/p+1. The molecule has 3 nitrogen and oxygen atoms in total. The first-order valence-corrected chi connectivity index (χ1v) is 8.03. The van der Waals surface area contributed by atoms with Gasteiger partial charge in [0.2, 0.25) is 5.91 Å². The molecule has 0 aromatic rings. The Kier molecular flexibility index (Phi) is 10.9. The van der Waals surface area contributed by atoms with Crippen LogP contribution < -0.4 is 5.32 Å². The Bertz CT molecular complexity index is 221. The maximum absolute atomic E-state index is 11.6. The second-order valence-corrected chi connectivity index (χ2v) is 6.59. The molecule has 0 bridgehead atoms. The summed E-state index contributed by atoms with van der Waals surface area (Å²) in [5, 5.41) is 3.00. The molecule has 19 heavy (non-hydrogen) atoms. The largest absolute Gasteiger partial charge is 0.350 e. The lowest BCUT2D eigenvalue weighted by Crippen LogP contribution is -2.41. The van der Waals surface area contributed by atoms with E-state index in [2.05, 4.69) is 33.4 Å². The lowest BCUT2D eigenvalue weighted by Gasteiger charge is -2.23. The van der Waals surface area contributed by atoms with Gasteiger partial charge in [-0.25, -0.2) is 0 Å². The van der Waals surface area contributed by atoms with Crippen molar-refractivity contribution in [1.29, 1.82) is 0 Å². The monoisotopic (exact) mass is 271 g/mol. The van der Waals surface area contributed by atoms with Gasteiger partial charge >= 0.3 is 0 Å². The number of quaternary nitrogens is 1. The van der Waals surface area contributed by atoms with E-state index in [1.165, 1.54) is 44.9 Å². The van der Waals surface area contributed by atoms with Gasteiger partial charge in [0.15, 0.2) is 0 Å². The van der Waals surface area contributed by atoms with Gasteiger partial charge in [-0.1, -0.05) is 51.9 Å². The molecule has 0 aliphatic rings. The van der Waals surface area contributed by atoms with Gasteiger partial charge in [0, 0.05) is 6.42 Å². The average Bonchev–Trinajstić information content (AvgIpc) is 2.31. The lowest BCUT2D eigenvalue weighted by atomic mass is 10.1. The van der Waals surface area contributed by atoms with Crippen LogP contribution in [0.1, 0.15) is 64.7 Å². The number of rotatable bonds is 12. The molecule has 0 aromatic heterocycles. The van der Waals surface area contributed by atoms with Gasteiger partial charge in [-0.15, -0.1) is 0 Å². The highest BCUT2D eigenvalue weighted by Crippen LogP contribution is 2.09. The van der Waals surface area contributed by atoms with Crippen LogP contribution in [0.2, 0.25) is 0 Å². The van der Waals surface area contributed by atoms with E-state index in [0.29, 0.717) is 6.42 Å². The Hall–Kier alpha value is -0.570. The van der Waals surface area contributed by atoms with Crippen LogP contribution in [0.3, 0.4) is 0 Å². The maximum atomic E-state index is 11.6. The van der Waals surface area contributed by atoms with Gasteiger partial charge in [-0.3, -0.25) is 4.79 Å². The SMILES string of the molecule is CCCCCCCCCCC(=O)NCC[N+](C)(C)C. The summed E-state index contributed by atoms with van der Waals surface area (Å²) >= 11 is 0. The Labute approximate surface area is 120 Å². The molecule has 0 heterocycles. The summed E-state index contributed by atoms with van der Waals surface area (Å²) in [6.07, 6.45) is 11.0. The van der Waals surface area contributed by atoms with Crippen molar-refractivity contribution < 1.29 is 9.28 Å². The topological polar surface area (TPSA) is 29.1 Å². The van der Waals surface area contributed by atoms with Crippen LogP contribution in [0.25, 0.3) is 0 Å². The molecule has 0 rings (SSSR count). The van der Waals surface area contributed by atoms with Gasteiger partial charge in [0.25, 0.3) is 0 Å². The Morgan fingerprint density at radius 3 is 1.95 bits per heavy atom. The van der Waals surface area contributed by atoms with Gasteiger partial charge in [0.05, 0.1) is 34.2 Å². The van der Waals surface area contributed by atoms with E-state index < -0.39 is 0 Å². The van der Waals surface area contributed by atoms with E-state index in [-0.39, 0.29) is 5.91 Å². The third-order valence-electron chi connectivity index (χ3n) is 3.36. The zero-order valence-corrected chi connectivity index (χ0v) is 13.6. The number of hydrogen-bond donors (Lipinski definition) is 1. The summed E-state index contributed by atoms with van der Waals surface area (Å²) in [6, 6.07) is 0. The Morgan fingerprint density at radius 2 is 1.42 bits per heavy atom. The quantitative estimate of drug-likeness (QED) is 0.428. The van der Waals surface area contributed by atoms with Crippen LogP contribution >= 0.6 is 0 Å². The molecule has 0 aromatic carbocycles. The first-order valence-electron chi connectivity index (χ1n) is 8.03. The fourth-order valence-corrected chi connectivity index (χ4v) is 2.04. The van der Waals surface area contributed by atoms with Crippen molar-refractivity contribution in [2.24, 2.45) is 0 Å². The van der Waals surface area contributed by atoms with Gasteiger partial charge in [-0.05, 0) is 6.42 Å². The van der Waals surface area contributed by atoms with Crippen molar-refractivity contribution in [3.05, 3.63) is 0 Å². The van der Waals surface area contributed by atoms with Crippen molar-refractivity contribution in [2.45, 2.75) is 64.7 Å². The average molecular weight is 271 g/mol. The van der Waals surface area contributed by atoms with E-state index in [0.717, 1.165) is 24.0 Å². The molecule has 114 valence electrons. The Morgan fingerprint density at radius 1 is 0.895 bits per heavy atom. The minimum absolute atomic E-state index is 0.222. The molecule has 0 saturated heterocycles. The third kappa shape index (κ3) is 15.4. The van der Waals surface area contributed by atoms with Crippen LogP contribution in [0.4, 0.5) is 0 Å². The zero-order chi connectivity index (χ0) is 14.6. The first-order chi connectivity index (χ1) is 8.95. The molecule has 0 radical (unpaired) electrons. The molecule has 0 atom stereocenters. The van der Waals surface area contributed by atoms with Gasteiger partial charge in [-0.2, -0.15) is 0 Å². The zero-order valence-electron chi connectivity index (χ0n) is 13.6. The molecule has 1 amide bonds. The number of carbonyl (C=O) groups excluding carboxylic acids is 1. The third-order valence-corrected chi connectivity index (χ3v) is 3.36. The number of carbonyl (C=O) groups is 1. The molecule has 1 N–H and O–H groups in total. The molecule has 3 heteroatoms. The number of nitrogens with zero attached hydrogens (tertiary/aromatic N) is 1. The fourth-order valence-electron chi connectivity index (χ4n) is 2.04. The molecule has 0 fully saturated rings. The molecule has 0 saturated carbocycles. The van der Waals surface area contributed by atoms with Crippen molar-refractivity contribution in [2.75, 3.05) is 34.2 Å². The van der Waals surface area contributed by atoms with E-state index >= 15 is 0 Å². The fraction of sp³-hybridized carbons (Fsp3) is 0.938. The number of unbranched alkanes of at least 4 members (excludes halogenated alkanes) is 7. The van der Waals surface area contributed by atoms with E-state index in [1.807, 2.05) is 0 Å². The van der Waals surface area contributed by atoms with E-state index in [1.54, 1.807) is 0 Å². The summed E-state index contributed by atoms with van der Waals surface area (Å²) in [4.78, 5) is 11.6. The van der Waals surface area contributed by atoms with E-state index in [9.17, 15) is 4.79 Å². The highest BCUT2D eigenvalue weighted by molar-refractivity contribution is 5.75. The van der Waals surface area contributed by atoms with Crippen LogP contribution in [0.5, 0.6) is 0 Å². The van der Waals surface area contributed by atoms with Crippen LogP contribution in [0, 0.1) is 0 Å². The number of likely N-dealkylation sites (N-methyl/N-ethyl adjacent to an activating group) is 1. The summed E-state index contributed by atoms with van der Waals surface area (Å²) in [5.41, 5.74) is 0. The normalized spacial score (nSPS) is 11.6. The molecule has 0 unspecified atom stereocenters. The highest BCUT2D eigenvalue weighted by Gasteiger charge is 2.07. The summed E-state index contributed by atoms with van der Waals surface area (Å²) in [5.74, 6) is 0.222.